The van der Waals surface area contributed by atoms with Crippen molar-refractivity contribution >= 4 is 5.69 Å². The Morgan fingerprint density at radius 1 is 1.25 bits per heavy atom. The normalized spacial score (nSPS) is 16.6. The van der Waals surface area contributed by atoms with Gasteiger partial charge in [0.1, 0.15) is 11.5 Å². The Kier molecular flexibility index (Phi) is 3.69. The van der Waals surface area contributed by atoms with Gasteiger partial charge < -0.3 is 15.2 Å². The first-order valence-corrected chi connectivity index (χ1v) is 6.91. The Labute approximate surface area is 117 Å². The second-order valence-corrected chi connectivity index (χ2v) is 5.26. The zero-order valence-corrected chi connectivity index (χ0v) is 11.3. The molecule has 0 radical (unpaired) electrons. The molecule has 106 valence electrons. The van der Waals surface area contributed by atoms with Crippen LogP contribution < -0.4 is 10.6 Å². The van der Waals surface area contributed by atoms with Gasteiger partial charge in [-0.2, -0.15) is 0 Å². The molecule has 3 rings (SSSR count). The predicted molar refractivity (Wildman–Crippen MR) is 75.1 cm³/mol. The molecule has 2 heterocycles. The average Bonchev–Trinajstić information content (AvgIpc) is 2.90. The summed E-state index contributed by atoms with van der Waals surface area (Å²) in [5.41, 5.74) is 7.97. The minimum absolute atomic E-state index is 0.225. The maximum absolute atomic E-state index is 12.9. The second kappa shape index (κ2) is 5.63. The molecule has 1 saturated heterocycles. The van der Waals surface area contributed by atoms with Gasteiger partial charge in [-0.25, -0.2) is 4.39 Å². The van der Waals surface area contributed by atoms with Crippen LogP contribution in [0.25, 0.3) is 0 Å². The highest BCUT2D eigenvalue weighted by Gasteiger charge is 2.21. The molecular formula is C15H18FN3O. The van der Waals surface area contributed by atoms with Gasteiger partial charge in [0.25, 0.3) is 0 Å². The fourth-order valence-electron chi connectivity index (χ4n) is 2.57. The highest BCUT2D eigenvalue weighted by atomic mass is 19.1. The van der Waals surface area contributed by atoms with Crippen LogP contribution in [0.2, 0.25) is 0 Å². The number of halogens is 1. The van der Waals surface area contributed by atoms with Crippen molar-refractivity contribution in [2.75, 3.05) is 18.0 Å². The summed E-state index contributed by atoms with van der Waals surface area (Å²) < 4.78 is 18.3. The van der Waals surface area contributed by atoms with Crippen molar-refractivity contribution in [3.63, 3.8) is 0 Å². The first-order chi connectivity index (χ1) is 9.72. The highest BCUT2D eigenvalue weighted by molar-refractivity contribution is 5.49. The molecule has 1 aliphatic rings. The molecule has 5 heteroatoms. The highest BCUT2D eigenvalue weighted by Crippen LogP contribution is 2.25. The third kappa shape index (κ3) is 2.82. The van der Waals surface area contributed by atoms with Gasteiger partial charge in [-0.1, -0.05) is 17.3 Å². The molecular weight excluding hydrogens is 257 g/mol. The standard InChI is InChI=1S/C15H18FN3O/c16-12-3-1-11(2-4-12)9-15-14(10-18-20-15)19-7-5-13(17)6-8-19/h1-4,10,13H,5-9,17H2. The van der Waals surface area contributed by atoms with Crippen molar-refractivity contribution in [2.24, 2.45) is 5.73 Å². The number of rotatable bonds is 3. The Morgan fingerprint density at radius 2 is 1.95 bits per heavy atom. The fourth-order valence-corrected chi connectivity index (χ4v) is 2.57. The van der Waals surface area contributed by atoms with Gasteiger partial charge in [0.05, 0.1) is 6.20 Å². The van der Waals surface area contributed by atoms with E-state index in [0.29, 0.717) is 12.5 Å². The Hall–Kier alpha value is -1.88. The number of nitrogens with zero attached hydrogens (tertiary/aromatic N) is 2. The van der Waals surface area contributed by atoms with Gasteiger partial charge >= 0.3 is 0 Å². The summed E-state index contributed by atoms with van der Waals surface area (Å²) in [6, 6.07) is 6.77. The summed E-state index contributed by atoms with van der Waals surface area (Å²) >= 11 is 0. The predicted octanol–water partition coefficient (Wildman–Crippen LogP) is 2.33. The minimum atomic E-state index is -0.225. The third-order valence-corrected chi connectivity index (χ3v) is 3.78. The van der Waals surface area contributed by atoms with Crippen LogP contribution in [0, 0.1) is 5.82 Å². The average molecular weight is 275 g/mol. The van der Waals surface area contributed by atoms with Crippen LogP contribution in [-0.4, -0.2) is 24.3 Å². The number of aromatic nitrogens is 1. The van der Waals surface area contributed by atoms with E-state index in [1.807, 2.05) is 0 Å². The summed E-state index contributed by atoms with van der Waals surface area (Å²) in [7, 11) is 0. The number of hydrogen-bond acceptors (Lipinski definition) is 4. The van der Waals surface area contributed by atoms with E-state index in [0.717, 1.165) is 42.9 Å². The molecule has 1 aromatic carbocycles. The molecule has 4 nitrogen and oxygen atoms in total. The summed E-state index contributed by atoms with van der Waals surface area (Å²) in [4.78, 5) is 2.26. The molecule has 2 aromatic rings. The lowest BCUT2D eigenvalue weighted by Crippen LogP contribution is -2.39. The number of benzene rings is 1. The summed E-state index contributed by atoms with van der Waals surface area (Å²) in [5, 5.41) is 3.91. The van der Waals surface area contributed by atoms with Gasteiger partial charge in [0.15, 0.2) is 5.76 Å². The van der Waals surface area contributed by atoms with Gasteiger partial charge in [0, 0.05) is 25.6 Å². The van der Waals surface area contributed by atoms with E-state index in [-0.39, 0.29) is 5.82 Å². The topological polar surface area (TPSA) is 55.3 Å². The maximum atomic E-state index is 12.9. The van der Waals surface area contributed by atoms with Crippen LogP contribution in [0.5, 0.6) is 0 Å². The smallest absolute Gasteiger partial charge is 0.164 e. The second-order valence-electron chi connectivity index (χ2n) is 5.26. The molecule has 0 atom stereocenters. The van der Waals surface area contributed by atoms with Crippen molar-refractivity contribution in [3.8, 4) is 0 Å². The molecule has 0 bridgehead atoms. The van der Waals surface area contributed by atoms with E-state index in [1.165, 1.54) is 12.1 Å². The largest absolute Gasteiger partial charge is 0.367 e. The first kappa shape index (κ1) is 13.1. The fraction of sp³-hybridized carbons (Fsp3) is 0.400. The Balaban J connectivity index is 1.74. The monoisotopic (exact) mass is 275 g/mol. The molecule has 1 fully saturated rings. The van der Waals surface area contributed by atoms with E-state index < -0.39 is 0 Å². The van der Waals surface area contributed by atoms with Crippen LogP contribution >= 0.6 is 0 Å². The van der Waals surface area contributed by atoms with Crippen molar-refractivity contribution in [1.29, 1.82) is 0 Å². The molecule has 0 spiro atoms. The molecule has 0 saturated carbocycles. The lowest BCUT2D eigenvalue weighted by Gasteiger charge is -2.31. The van der Waals surface area contributed by atoms with Crippen molar-refractivity contribution in [1.82, 2.24) is 5.16 Å². The summed E-state index contributed by atoms with van der Waals surface area (Å²) in [6.07, 6.45) is 4.36. The van der Waals surface area contributed by atoms with Crippen LogP contribution in [0.4, 0.5) is 10.1 Å². The van der Waals surface area contributed by atoms with E-state index in [9.17, 15) is 4.39 Å². The van der Waals surface area contributed by atoms with Gasteiger partial charge in [-0.15, -0.1) is 0 Å². The van der Waals surface area contributed by atoms with Crippen molar-refractivity contribution in [2.45, 2.75) is 25.3 Å². The van der Waals surface area contributed by atoms with Crippen LogP contribution in [0.3, 0.4) is 0 Å². The van der Waals surface area contributed by atoms with Crippen LogP contribution in [-0.2, 0) is 6.42 Å². The Bertz CT molecular complexity index is 559. The lowest BCUT2D eigenvalue weighted by atomic mass is 10.0. The number of hydrogen-bond donors (Lipinski definition) is 1. The molecule has 1 aromatic heterocycles. The van der Waals surface area contributed by atoms with E-state index in [2.05, 4.69) is 10.1 Å². The van der Waals surface area contributed by atoms with E-state index >= 15 is 0 Å². The minimum Gasteiger partial charge on any atom is -0.367 e. The number of anilines is 1. The quantitative estimate of drug-likeness (QED) is 0.934. The SMILES string of the molecule is NC1CCN(c2cnoc2Cc2ccc(F)cc2)CC1. The van der Waals surface area contributed by atoms with Crippen molar-refractivity contribution < 1.29 is 8.91 Å². The molecule has 2 N–H and O–H groups in total. The van der Waals surface area contributed by atoms with Gasteiger partial charge in [-0.05, 0) is 30.5 Å². The summed E-state index contributed by atoms with van der Waals surface area (Å²) in [5.74, 6) is 0.601. The maximum Gasteiger partial charge on any atom is 0.164 e. The molecule has 0 aliphatic carbocycles. The molecule has 0 unspecified atom stereocenters. The lowest BCUT2D eigenvalue weighted by molar-refractivity contribution is 0.388. The van der Waals surface area contributed by atoms with Crippen molar-refractivity contribution in [3.05, 3.63) is 47.6 Å². The van der Waals surface area contributed by atoms with Gasteiger partial charge in [-0.3, -0.25) is 0 Å². The zero-order valence-electron chi connectivity index (χ0n) is 11.3. The van der Waals surface area contributed by atoms with Crippen LogP contribution in [0.1, 0.15) is 24.2 Å². The third-order valence-electron chi connectivity index (χ3n) is 3.78. The van der Waals surface area contributed by atoms with E-state index in [1.54, 1.807) is 18.3 Å². The van der Waals surface area contributed by atoms with E-state index in [4.69, 9.17) is 10.3 Å². The summed E-state index contributed by atoms with van der Waals surface area (Å²) in [6.45, 7) is 1.86. The molecule has 1 aliphatic heterocycles. The molecule has 20 heavy (non-hydrogen) atoms. The van der Waals surface area contributed by atoms with Gasteiger partial charge in [0.2, 0.25) is 0 Å². The number of nitrogens with two attached hydrogens (primary N) is 1. The first-order valence-electron chi connectivity index (χ1n) is 6.91. The Morgan fingerprint density at radius 3 is 2.65 bits per heavy atom. The van der Waals surface area contributed by atoms with Crippen LogP contribution in [0.15, 0.2) is 35.0 Å². The molecule has 0 amide bonds. The zero-order chi connectivity index (χ0) is 13.9. The number of piperidine rings is 1.